The molecule has 0 spiro atoms. The maximum Gasteiger partial charge on any atom is 0.253 e. The summed E-state index contributed by atoms with van der Waals surface area (Å²) in [4.78, 5) is 21.7. The van der Waals surface area contributed by atoms with Crippen molar-refractivity contribution in [3.63, 3.8) is 0 Å². The van der Waals surface area contributed by atoms with E-state index in [0.717, 1.165) is 67.0 Å². The van der Waals surface area contributed by atoms with Crippen molar-refractivity contribution in [3.05, 3.63) is 65.0 Å². The van der Waals surface area contributed by atoms with Crippen LogP contribution in [0.5, 0.6) is 5.75 Å². The summed E-state index contributed by atoms with van der Waals surface area (Å²) in [5, 5.41) is 6.37. The van der Waals surface area contributed by atoms with Gasteiger partial charge in [-0.1, -0.05) is 12.1 Å². The molecule has 4 rings (SSSR count). The Morgan fingerprint density at radius 1 is 1.13 bits per heavy atom. The second-order valence-electron chi connectivity index (χ2n) is 7.50. The molecule has 0 aliphatic carbocycles. The molecule has 1 amide bonds. The van der Waals surface area contributed by atoms with Gasteiger partial charge < -0.3 is 19.9 Å². The minimum atomic E-state index is 0.115. The number of carbonyl (C=O) groups is 1. The number of hydrogen-bond acceptors (Lipinski definition) is 6. The molecule has 6 nitrogen and oxygen atoms in total. The van der Waals surface area contributed by atoms with E-state index in [0.29, 0.717) is 0 Å². The van der Waals surface area contributed by atoms with Crippen LogP contribution in [0.25, 0.3) is 11.3 Å². The van der Waals surface area contributed by atoms with Gasteiger partial charge in [-0.2, -0.15) is 0 Å². The Kier molecular flexibility index (Phi) is 6.84. The maximum absolute atomic E-state index is 12.7. The van der Waals surface area contributed by atoms with Crippen LogP contribution >= 0.6 is 11.3 Å². The van der Waals surface area contributed by atoms with Gasteiger partial charge in [0.25, 0.3) is 5.91 Å². The van der Waals surface area contributed by atoms with E-state index < -0.39 is 0 Å². The van der Waals surface area contributed by atoms with E-state index in [-0.39, 0.29) is 5.91 Å². The highest BCUT2D eigenvalue weighted by atomic mass is 32.1. The fourth-order valence-corrected chi connectivity index (χ4v) is 4.54. The average molecular weight is 437 g/mol. The number of anilines is 1. The van der Waals surface area contributed by atoms with Crippen LogP contribution in [0.4, 0.5) is 5.13 Å². The molecule has 0 atom stereocenters. The van der Waals surface area contributed by atoms with Crippen LogP contribution in [0, 0.1) is 0 Å². The molecule has 162 valence electrons. The number of nitrogens with one attached hydrogen (secondary N) is 1. The number of methoxy groups -OCH3 is 1. The maximum atomic E-state index is 12.7. The molecule has 1 fully saturated rings. The molecule has 3 aromatic rings. The smallest absolute Gasteiger partial charge is 0.253 e. The van der Waals surface area contributed by atoms with Gasteiger partial charge in [0.05, 0.1) is 12.8 Å². The third-order valence-corrected chi connectivity index (χ3v) is 6.41. The lowest BCUT2D eigenvalue weighted by Crippen LogP contribution is -2.46. The largest absolute Gasteiger partial charge is 0.497 e. The van der Waals surface area contributed by atoms with Crippen molar-refractivity contribution in [3.8, 4) is 17.0 Å². The molecule has 1 aliphatic heterocycles. The molecule has 31 heavy (non-hydrogen) atoms. The normalized spacial score (nSPS) is 13.8. The predicted octanol–water partition coefficient (Wildman–Crippen LogP) is 3.89. The SMILES string of the molecule is CCN(Cc1ccc(C(=O)N2CCNCC2)cc1)c1nc(-c2ccc(OC)cc2)cs1. The quantitative estimate of drug-likeness (QED) is 0.609. The molecule has 2 aromatic carbocycles. The van der Waals surface area contributed by atoms with Crippen molar-refractivity contribution in [1.29, 1.82) is 0 Å². The first kappa shape index (κ1) is 21.3. The number of benzene rings is 2. The molecule has 2 heterocycles. The zero-order chi connectivity index (χ0) is 21.6. The summed E-state index contributed by atoms with van der Waals surface area (Å²) in [7, 11) is 1.67. The number of amides is 1. The lowest BCUT2D eigenvalue weighted by molar-refractivity contribution is 0.0736. The second-order valence-corrected chi connectivity index (χ2v) is 8.33. The predicted molar refractivity (Wildman–Crippen MR) is 126 cm³/mol. The average Bonchev–Trinajstić information content (AvgIpc) is 3.33. The fraction of sp³-hybridized carbons (Fsp3) is 0.333. The monoisotopic (exact) mass is 436 g/mol. The molecule has 1 saturated heterocycles. The summed E-state index contributed by atoms with van der Waals surface area (Å²) in [6.45, 7) is 7.01. The lowest BCUT2D eigenvalue weighted by atomic mass is 10.1. The van der Waals surface area contributed by atoms with E-state index in [4.69, 9.17) is 9.72 Å². The van der Waals surface area contributed by atoms with Crippen molar-refractivity contribution in [2.45, 2.75) is 13.5 Å². The molecule has 7 heteroatoms. The summed E-state index contributed by atoms with van der Waals surface area (Å²) in [5.41, 5.74) is 3.97. The third-order valence-electron chi connectivity index (χ3n) is 5.51. The third kappa shape index (κ3) is 5.06. The number of thiazole rings is 1. The van der Waals surface area contributed by atoms with E-state index in [1.54, 1.807) is 18.4 Å². The summed E-state index contributed by atoms with van der Waals surface area (Å²) >= 11 is 1.65. The van der Waals surface area contributed by atoms with Gasteiger partial charge in [0.15, 0.2) is 5.13 Å². The minimum absolute atomic E-state index is 0.115. The molecule has 0 saturated carbocycles. The van der Waals surface area contributed by atoms with Crippen LogP contribution in [-0.2, 0) is 6.54 Å². The Bertz CT molecular complexity index is 995. The van der Waals surface area contributed by atoms with E-state index in [2.05, 4.69) is 34.7 Å². The Morgan fingerprint density at radius 3 is 2.48 bits per heavy atom. The van der Waals surface area contributed by atoms with Gasteiger partial charge >= 0.3 is 0 Å². The minimum Gasteiger partial charge on any atom is -0.497 e. The van der Waals surface area contributed by atoms with Crippen molar-refractivity contribution < 1.29 is 9.53 Å². The van der Waals surface area contributed by atoms with Crippen LogP contribution in [-0.4, -0.2) is 55.6 Å². The lowest BCUT2D eigenvalue weighted by Gasteiger charge is -2.27. The molecule has 0 unspecified atom stereocenters. The fourth-order valence-electron chi connectivity index (χ4n) is 3.64. The highest BCUT2D eigenvalue weighted by molar-refractivity contribution is 7.14. The number of piperazine rings is 1. The zero-order valence-electron chi connectivity index (χ0n) is 18.0. The zero-order valence-corrected chi connectivity index (χ0v) is 18.8. The second kappa shape index (κ2) is 9.94. The van der Waals surface area contributed by atoms with E-state index in [1.807, 2.05) is 41.3 Å². The van der Waals surface area contributed by atoms with E-state index in [9.17, 15) is 4.79 Å². The van der Waals surface area contributed by atoms with Crippen molar-refractivity contribution >= 4 is 22.4 Å². The van der Waals surface area contributed by atoms with Crippen molar-refractivity contribution in [1.82, 2.24) is 15.2 Å². The summed E-state index contributed by atoms with van der Waals surface area (Å²) in [6, 6.07) is 16.0. The Labute approximate surface area is 187 Å². The van der Waals surface area contributed by atoms with Gasteiger partial charge in [-0.15, -0.1) is 11.3 Å². The van der Waals surface area contributed by atoms with Gasteiger partial charge in [-0.3, -0.25) is 4.79 Å². The molecular weight excluding hydrogens is 408 g/mol. The summed E-state index contributed by atoms with van der Waals surface area (Å²) < 4.78 is 5.24. The number of rotatable bonds is 7. The van der Waals surface area contributed by atoms with Gasteiger partial charge in [0, 0.05) is 55.8 Å². The van der Waals surface area contributed by atoms with Gasteiger partial charge in [0.1, 0.15) is 5.75 Å². The topological polar surface area (TPSA) is 57.7 Å². The van der Waals surface area contributed by atoms with Gasteiger partial charge in [-0.25, -0.2) is 4.98 Å². The van der Waals surface area contributed by atoms with E-state index >= 15 is 0 Å². The number of hydrogen-bond donors (Lipinski definition) is 1. The molecule has 1 N–H and O–H groups in total. The Balaban J connectivity index is 1.43. The summed E-state index contributed by atoms with van der Waals surface area (Å²) in [5.74, 6) is 0.956. The van der Waals surface area contributed by atoms with Crippen LogP contribution in [0.15, 0.2) is 53.9 Å². The van der Waals surface area contributed by atoms with Gasteiger partial charge in [0.2, 0.25) is 0 Å². The van der Waals surface area contributed by atoms with Crippen LogP contribution < -0.4 is 15.0 Å². The molecule has 1 aromatic heterocycles. The first-order valence-electron chi connectivity index (χ1n) is 10.6. The molecule has 0 bridgehead atoms. The van der Waals surface area contributed by atoms with Crippen LogP contribution in [0.1, 0.15) is 22.8 Å². The Morgan fingerprint density at radius 2 is 1.84 bits per heavy atom. The summed E-state index contributed by atoms with van der Waals surface area (Å²) in [6.07, 6.45) is 0. The Hall–Kier alpha value is -2.90. The number of aromatic nitrogens is 1. The number of ether oxygens (including phenoxy) is 1. The molecular formula is C24H28N4O2S. The standard InChI is InChI=1S/C24H28N4O2S/c1-3-27(24-26-22(17-31-24)19-8-10-21(30-2)11-9-19)16-18-4-6-20(7-5-18)23(29)28-14-12-25-13-15-28/h4-11,17,25H,3,12-16H2,1-2H3. The number of nitrogens with zero attached hydrogens (tertiary/aromatic N) is 3. The molecule has 0 radical (unpaired) electrons. The first-order chi connectivity index (χ1) is 15.2. The van der Waals surface area contributed by atoms with Gasteiger partial charge in [-0.05, 0) is 48.9 Å². The van der Waals surface area contributed by atoms with Crippen molar-refractivity contribution in [2.24, 2.45) is 0 Å². The van der Waals surface area contributed by atoms with Crippen LogP contribution in [0.2, 0.25) is 0 Å². The molecule has 1 aliphatic rings. The van der Waals surface area contributed by atoms with Crippen molar-refractivity contribution in [2.75, 3.05) is 44.7 Å². The van der Waals surface area contributed by atoms with E-state index in [1.165, 1.54) is 5.56 Å². The first-order valence-corrected chi connectivity index (χ1v) is 11.5. The van der Waals surface area contributed by atoms with Crippen LogP contribution in [0.3, 0.4) is 0 Å². The number of carbonyl (C=O) groups excluding carboxylic acids is 1. The highest BCUT2D eigenvalue weighted by Gasteiger charge is 2.18. The highest BCUT2D eigenvalue weighted by Crippen LogP contribution is 2.29.